The minimum Gasteiger partial charge on any atom is -0.463 e. The zero-order valence-electron chi connectivity index (χ0n) is 39.4. The number of rotatable bonds is 11. The molecular weight excluding hydrogens is 881 g/mol. The van der Waals surface area contributed by atoms with E-state index in [-0.39, 0.29) is 18.4 Å². The molecule has 370 valence electrons. The molecule has 0 aliphatic carbocycles. The van der Waals surface area contributed by atoms with E-state index in [1.165, 1.54) is 26.0 Å². The number of Topliss-reactive ketones (excluding diaryl/α,β-unsaturated/α-hetero) is 1. The fourth-order valence-corrected chi connectivity index (χ4v) is 7.80. The van der Waals surface area contributed by atoms with Crippen molar-refractivity contribution in [2.45, 2.75) is 187 Å². The standard InChI is InChI=1S/C48H64O19/c1-9-17-34-20-15-12-16-21-36(59-29(5)49)35(53)23-25-38(54)57-26-37-41(65-39(55)24-22-33-18-13-11-14-19-33)43(66-46(56)27(3)10-2)44(62-32(8)52)48(64-37)67-45-42(61-31(7)51)40(60-30(6)50)28(4)58-47(45)63-34/h10-11,13-14,18-19,22,24,28,34,36-37,40-45,47-48H,9,12,15-17,20-21,23,25-26H2,1-8H3/b24-22+,27-10+/t28-,34+,36+,37-,40+,41-,42+,43+,44?,45+,47+,48+/m1/s1. The van der Waals surface area contributed by atoms with Crippen LogP contribution in [0.3, 0.4) is 0 Å². The summed E-state index contributed by atoms with van der Waals surface area (Å²) in [4.78, 5) is 104. The maximum Gasteiger partial charge on any atom is 0.333 e. The lowest BCUT2D eigenvalue weighted by atomic mass is 9.96. The minimum absolute atomic E-state index is 0.108. The second-order valence-electron chi connectivity index (χ2n) is 16.5. The molecule has 0 radical (unpaired) electrons. The van der Waals surface area contributed by atoms with Crippen molar-refractivity contribution in [3.05, 3.63) is 53.6 Å². The van der Waals surface area contributed by atoms with Gasteiger partial charge in [-0.3, -0.25) is 28.8 Å². The quantitative estimate of drug-likeness (QED) is 0.159. The van der Waals surface area contributed by atoms with Gasteiger partial charge in [0.05, 0.1) is 18.6 Å². The first-order valence-corrected chi connectivity index (χ1v) is 22.7. The molecule has 2 bridgehead atoms. The third-order valence-corrected chi connectivity index (χ3v) is 11.1. The second-order valence-corrected chi connectivity index (χ2v) is 16.5. The third-order valence-electron chi connectivity index (χ3n) is 11.1. The van der Waals surface area contributed by atoms with E-state index in [4.69, 9.17) is 52.1 Å². The van der Waals surface area contributed by atoms with Crippen molar-refractivity contribution in [3.63, 3.8) is 0 Å². The van der Waals surface area contributed by atoms with Gasteiger partial charge in [-0.1, -0.05) is 62.6 Å². The molecule has 67 heavy (non-hydrogen) atoms. The summed E-state index contributed by atoms with van der Waals surface area (Å²) < 4.78 is 66.3. The summed E-state index contributed by atoms with van der Waals surface area (Å²) in [5.74, 6) is -6.39. The van der Waals surface area contributed by atoms with E-state index in [1.54, 1.807) is 44.2 Å². The Labute approximate surface area is 390 Å². The number of benzene rings is 1. The minimum atomic E-state index is -1.84. The van der Waals surface area contributed by atoms with E-state index >= 15 is 0 Å². The maximum absolute atomic E-state index is 13.7. The fraction of sp³-hybridized carbons (Fsp3) is 0.625. The van der Waals surface area contributed by atoms with Crippen LogP contribution in [0, 0.1) is 0 Å². The number of fused-ring (bicyclic) bond motifs is 3. The highest BCUT2D eigenvalue weighted by Crippen LogP contribution is 2.37. The SMILES string of the molecule is C/C=C(\C)C(=O)O[C@@H]1C(OC(C)=O)[C@@H]2O[C@@H]3[C@H](O[C@@H](CCC)CCCCC[C@H](OC(C)=O)C(=O)CCC(=O)OC[C@@H](O2)[C@H]1OC(=O)/C=C/c1ccccc1)O[C@H](C)[C@H](OC(C)=O)[C@@H]3OC(C)=O. The van der Waals surface area contributed by atoms with E-state index in [1.807, 2.05) is 6.92 Å². The number of carbonyl (C=O) groups excluding carboxylic acids is 8. The van der Waals surface area contributed by atoms with Crippen LogP contribution in [0.25, 0.3) is 6.08 Å². The number of cyclic esters (lactones) is 1. The number of carbonyl (C=O) groups is 8. The normalized spacial score (nSPS) is 30.4. The topological polar surface area (TPSA) is 238 Å². The zero-order chi connectivity index (χ0) is 49.2. The third kappa shape index (κ3) is 17.0. The molecule has 1 aromatic carbocycles. The van der Waals surface area contributed by atoms with Gasteiger partial charge < -0.3 is 52.1 Å². The molecule has 3 aliphatic rings. The highest BCUT2D eigenvalue weighted by atomic mass is 16.8. The molecule has 12 atom stereocenters. The summed E-state index contributed by atoms with van der Waals surface area (Å²) in [6.07, 6.45) is -10.0. The molecule has 4 rings (SSSR count). The lowest BCUT2D eigenvalue weighted by Gasteiger charge is -2.48. The van der Waals surface area contributed by atoms with Crippen molar-refractivity contribution in [1.29, 1.82) is 0 Å². The van der Waals surface area contributed by atoms with Crippen LogP contribution in [0.15, 0.2) is 48.1 Å². The van der Waals surface area contributed by atoms with Crippen molar-refractivity contribution >= 4 is 53.6 Å². The smallest absolute Gasteiger partial charge is 0.333 e. The number of ketones is 1. The first-order chi connectivity index (χ1) is 31.9. The van der Waals surface area contributed by atoms with Crippen LogP contribution in [0.5, 0.6) is 0 Å². The molecule has 0 N–H and O–H groups in total. The van der Waals surface area contributed by atoms with Crippen LogP contribution < -0.4 is 0 Å². The average molecular weight is 945 g/mol. The molecule has 0 amide bonds. The molecule has 0 spiro atoms. The number of esters is 7. The van der Waals surface area contributed by atoms with Gasteiger partial charge in [-0.05, 0) is 58.1 Å². The predicted octanol–water partition coefficient (Wildman–Crippen LogP) is 5.11. The molecular formula is C48H64O19. The van der Waals surface area contributed by atoms with Crippen molar-refractivity contribution in [2.24, 2.45) is 0 Å². The van der Waals surface area contributed by atoms with Crippen LogP contribution in [0.2, 0.25) is 0 Å². The largest absolute Gasteiger partial charge is 0.463 e. The van der Waals surface area contributed by atoms with Gasteiger partial charge in [-0.15, -0.1) is 0 Å². The Morgan fingerprint density at radius 2 is 1.31 bits per heavy atom. The lowest BCUT2D eigenvalue weighted by Crippen LogP contribution is -2.67. The second kappa shape index (κ2) is 26.7. The van der Waals surface area contributed by atoms with Crippen molar-refractivity contribution in [1.82, 2.24) is 0 Å². The van der Waals surface area contributed by atoms with Crippen LogP contribution in [0.1, 0.15) is 119 Å². The van der Waals surface area contributed by atoms with Gasteiger partial charge in [0.15, 0.2) is 61.1 Å². The lowest BCUT2D eigenvalue weighted by molar-refractivity contribution is -0.370. The highest BCUT2D eigenvalue weighted by molar-refractivity contribution is 5.89. The van der Waals surface area contributed by atoms with Crippen LogP contribution >= 0.6 is 0 Å². The Hall–Kier alpha value is -5.50. The van der Waals surface area contributed by atoms with Gasteiger partial charge in [0.1, 0.15) is 12.7 Å². The Balaban J connectivity index is 1.90. The summed E-state index contributed by atoms with van der Waals surface area (Å²) in [5.41, 5.74) is 0.743. The van der Waals surface area contributed by atoms with Gasteiger partial charge in [0.25, 0.3) is 0 Å². The van der Waals surface area contributed by atoms with Crippen LogP contribution in [-0.2, 0) is 90.5 Å². The molecule has 0 aromatic heterocycles. The van der Waals surface area contributed by atoms with Gasteiger partial charge in [-0.25, -0.2) is 9.59 Å². The maximum atomic E-state index is 13.7. The predicted molar refractivity (Wildman–Crippen MR) is 233 cm³/mol. The highest BCUT2D eigenvalue weighted by Gasteiger charge is 2.57. The Morgan fingerprint density at radius 1 is 0.672 bits per heavy atom. The van der Waals surface area contributed by atoms with Gasteiger partial charge in [0, 0.05) is 45.8 Å². The summed E-state index contributed by atoms with van der Waals surface area (Å²) in [7, 11) is 0. The summed E-state index contributed by atoms with van der Waals surface area (Å²) >= 11 is 0. The Kier molecular flexibility index (Phi) is 21.6. The van der Waals surface area contributed by atoms with E-state index in [0.717, 1.165) is 26.8 Å². The van der Waals surface area contributed by atoms with Crippen molar-refractivity contribution in [3.8, 4) is 0 Å². The van der Waals surface area contributed by atoms with E-state index in [9.17, 15) is 38.4 Å². The summed E-state index contributed by atoms with van der Waals surface area (Å²) in [6, 6.07) is 8.76. The van der Waals surface area contributed by atoms with Crippen molar-refractivity contribution < 1.29 is 90.5 Å². The summed E-state index contributed by atoms with van der Waals surface area (Å²) in [5, 5.41) is 0. The number of hydrogen-bond acceptors (Lipinski definition) is 19. The summed E-state index contributed by atoms with van der Waals surface area (Å²) in [6.45, 7) is 10.4. The molecule has 19 heteroatoms. The molecule has 3 fully saturated rings. The Bertz CT molecular complexity index is 1930. The molecule has 1 aromatic rings. The van der Waals surface area contributed by atoms with Gasteiger partial charge in [0.2, 0.25) is 0 Å². The molecule has 0 saturated carbocycles. The zero-order valence-corrected chi connectivity index (χ0v) is 39.4. The number of hydrogen-bond donors (Lipinski definition) is 0. The Morgan fingerprint density at radius 3 is 1.96 bits per heavy atom. The first-order valence-electron chi connectivity index (χ1n) is 22.7. The van der Waals surface area contributed by atoms with E-state index < -0.39 is 134 Å². The molecule has 1 unspecified atom stereocenters. The number of allylic oxidation sites excluding steroid dienone is 1. The van der Waals surface area contributed by atoms with Gasteiger partial charge in [-0.2, -0.15) is 0 Å². The first kappa shape index (κ1) is 54.1. The van der Waals surface area contributed by atoms with Gasteiger partial charge >= 0.3 is 41.8 Å². The molecule has 3 aliphatic heterocycles. The van der Waals surface area contributed by atoms with E-state index in [2.05, 4.69) is 0 Å². The fourth-order valence-electron chi connectivity index (χ4n) is 7.80. The monoisotopic (exact) mass is 944 g/mol. The molecule has 3 saturated heterocycles. The molecule has 3 heterocycles. The van der Waals surface area contributed by atoms with Crippen molar-refractivity contribution in [2.75, 3.05) is 6.61 Å². The number of ether oxygens (including phenoxy) is 11. The van der Waals surface area contributed by atoms with Crippen LogP contribution in [-0.4, -0.2) is 128 Å². The van der Waals surface area contributed by atoms with E-state index in [0.29, 0.717) is 44.1 Å². The van der Waals surface area contributed by atoms with Crippen LogP contribution in [0.4, 0.5) is 0 Å². The molecule has 19 nitrogen and oxygen atoms in total. The average Bonchev–Trinajstić information content (AvgIpc) is 3.27.